The van der Waals surface area contributed by atoms with Crippen molar-refractivity contribution in [3.05, 3.63) is 12.1 Å². The van der Waals surface area contributed by atoms with Gasteiger partial charge < -0.3 is 25.1 Å². The van der Waals surface area contributed by atoms with Gasteiger partial charge in [0.25, 0.3) is 0 Å². The molecule has 1 aliphatic rings. The number of methoxy groups -OCH3 is 1. The van der Waals surface area contributed by atoms with Gasteiger partial charge in [0.15, 0.2) is 17.6 Å². The van der Waals surface area contributed by atoms with E-state index >= 15 is 0 Å². The molecule has 0 bridgehead atoms. The highest BCUT2D eigenvalue weighted by Gasteiger charge is 2.23. The second-order valence-corrected chi connectivity index (χ2v) is 3.28. The van der Waals surface area contributed by atoms with E-state index in [2.05, 4.69) is 0 Å². The van der Waals surface area contributed by atoms with Crippen molar-refractivity contribution in [3.63, 3.8) is 0 Å². The molecule has 0 aromatic heterocycles. The number of hydrogen-bond donors (Lipinski definition) is 2. The Morgan fingerprint density at radius 2 is 2.40 bits per heavy atom. The molecule has 1 aromatic rings. The molecule has 0 aliphatic carbocycles. The molecular weight excluding hydrogens is 198 g/mol. The number of nitrogen functional groups attached to an aromatic ring is 1. The summed E-state index contributed by atoms with van der Waals surface area (Å²) in [6, 6.07) is 3.36. The predicted molar refractivity (Wildman–Crippen MR) is 54.4 cm³/mol. The van der Waals surface area contributed by atoms with Crippen LogP contribution >= 0.6 is 0 Å². The van der Waals surface area contributed by atoms with Crippen molar-refractivity contribution in [2.75, 3.05) is 26.1 Å². The topological polar surface area (TPSA) is 73.9 Å². The van der Waals surface area contributed by atoms with Crippen LogP contribution in [0.15, 0.2) is 12.1 Å². The van der Waals surface area contributed by atoms with E-state index in [9.17, 15) is 0 Å². The third kappa shape index (κ3) is 1.78. The lowest BCUT2D eigenvalue weighted by Gasteiger charge is -2.26. The van der Waals surface area contributed by atoms with E-state index < -0.39 is 0 Å². The first kappa shape index (κ1) is 9.92. The summed E-state index contributed by atoms with van der Waals surface area (Å²) < 4.78 is 15.9. The second-order valence-electron chi connectivity index (χ2n) is 3.28. The van der Waals surface area contributed by atoms with Crippen LogP contribution in [0.1, 0.15) is 0 Å². The minimum absolute atomic E-state index is 0.0924. The third-order valence-corrected chi connectivity index (χ3v) is 2.21. The molecule has 5 heteroatoms. The van der Waals surface area contributed by atoms with Gasteiger partial charge in [0.05, 0.1) is 19.4 Å². The number of nitrogens with two attached hydrogens (primary N) is 1. The number of hydrogen-bond acceptors (Lipinski definition) is 5. The Balaban J connectivity index is 2.35. The maximum atomic E-state index is 8.94. The predicted octanol–water partition coefficient (Wildman–Crippen LogP) is 0.410. The molecule has 0 spiro atoms. The standard InChI is InChI=1S/C10H13NO4/c1-13-6-2-8(11)10-9(3-6)14-5-7(4-12)15-10/h2-3,7,12H,4-5,11H2,1H3/t7-/m0/s1. The largest absolute Gasteiger partial charge is 0.497 e. The molecule has 3 N–H and O–H groups in total. The van der Waals surface area contributed by atoms with Crippen LogP contribution in [0.25, 0.3) is 0 Å². The van der Waals surface area contributed by atoms with E-state index in [0.717, 1.165) is 0 Å². The summed E-state index contributed by atoms with van der Waals surface area (Å²) in [7, 11) is 1.56. The number of ether oxygens (including phenoxy) is 3. The smallest absolute Gasteiger partial charge is 0.185 e. The zero-order valence-corrected chi connectivity index (χ0v) is 8.40. The van der Waals surface area contributed by atoms with Crippen LogP contribution in [-0.2, 0) is 0 Å². The fourth-order valence-corrected chi connectivity index (χ4v) is 1.42. The normalized spacial score (nSPS) is 18.7. The Bertz CT molecular complexity index is 367. The van der Waals surface area contributed by atoms with Gasteiger partial charge in [-0.2, -0.15) is 0 Å². The quantitative estimate of drug-likeness (QED) is 0.693. The van der Waals surface area contributed by atoms with Crippen LogP contribution in [0.4, 0.5) is 5.69 Å². The van der Waals surface area contributed by atoms with E-state index in [1.54, 1.807) is 19.2 Å². The van der Waals surface area contributed by atoms with Gasteiger partial charge in [0, 0.05) is 12.1 Å². The molecular formula is C10H13NO4. The molecule has 0 radical (unpaired) electrons. The van der Waals surface area contributed by atoms with Gasteiger partial charge in [0.2, 0.25) is 0 Å². The second kappa shape index (κ2) is 3.86. The maximum Gasteiger partial charge on any atom is 0.185 e. The van der Waals surface area contributed by atoms with Gasteiger partial charge in [-0.15, -0.1) is 0 Å². The molecule has 1 aromatic carbocycles. The number of aliphatic hydroxyl groups excluding tert-OH is 1. The molecule has 1 atom stereocenters. The average Bonchev–Trinajstić information content (AvgIpc) is 2.28. The van der Waals surface area contributed by atoms with Gasteiger partial charge in [-0.05, 0) is 0 Å². The van der Waals surface area contributed by atoms with E-state index in [4.69, 9.17) is 25.1 Å². The zero-order valence-electron chi connectivity index (χ0n) is 8.40. The number of benzene rings is 1. The minimum atomic E-state index is -0.354. The van der Waals surface area contributed by atoms with Crippen molar-refractivity contribution >= 4 is 5.69 Å². The average molecular weight is 211 g/mol. The van der Waals surface area contributed by atoms with Gasteiger partial charge in [-0.3, -0.25) is 0 Å². The Kier molecular flexibility index (Phi) is 2.55. The summed E-state index contributed by atoms with van der Waals surface area (Å²) in [6.07, 6.45) is -0.354. The molecule has 2 rings (SSSR count). The number of aliphatic hydroxyl groups is 1. The zero-order chi connectivity index (χ0) is 10.8. The fraction of sp³-hybridized carbons (Fsp3) is 0.400. The molecule has 0 saturated carbocycles. The van der Waals surface area contributed by atoms with Crippen LogP contribution < -0.4 is 19.9 Å². The lowest BCUT2D eigenvalue weighted by Crippen LogP contribution is -2.32. The Morgan fingerprint density at radius 3 is 3.07 bits per heavy atom. The van der Waals surface area contributed by atoms with Crippen LogP contribution in [0.3, 0.4) is 0 Å². The summed E-state index contributed by atoms with van der Waals surface area (Å²) in [5, 5.41) is 8.94. The Hall–Kier alpha value is -1.62. The van der Waals surface area contributed by atoms with Crippen molar-refractivity contribution in [3.8, 4) is 17.2 Å². The van der Waals surface area contributed by atoms with Crippen LogP contribution in [0.5, 0.6) is 17.2 Å². The first-order valence-electron chi connectivity index (χ1n) is 4.62. The molecule has 0 saturated heterocycles. The molecule has 82 valence electrons. The van der Waals surface area contributed by atoms with Crippen LogP contribution in [-0.4, -0.2) is 31.5 Å². The first-order chi connectivity index (χ1) is 7.24. The summed E-state index contributed by atoms with van der Waals surface area (Å²) in [5.74, 6) is 1.65. The highest BCUT2D eigenvalue weighted by Crippen LogP contribution is 2.40. The molecule has 15 heavy (non-hydrogen) atoms. The van der Waals surface area contributed by atoms with Crippen molar-refractivity contribution in [1.82, 2.24) is 0 Å². The van der Waals surface area contributed by atoms with Crippen molar-refractivity contribution in [1.29, 1.82) is 0 Å². The molecule has 1 aliphatic heterocycles. The molecule has 0 amide bonds. The fourth-order valence-electron chi connectivity index (χ4n) is 1.42. The number of fused-ring (bicyclic) bond motifs is 1. The van der Waals surface area contributed by atoms with E-state index in [1.807, 2.05) is 0 Å². The van der Waals surface area contributed by atoms with Gasteiger partial charge in [0.1, 0.15) is 12.4 Å². The van der Waals surface area contributed by atoms with Crippen LogP contribution in [0.2, 0.25) is 0 Å². The summed E-state index contributed by atoms with van der Waals surface area (Å²) in [6.45, 7) is 0.223. The van der Waals surface area contributed by atoms with E-state index in [0.29, 0.717) is 29.5 Å². The van der Waals surface area contributed by atoms with E-state index in [-0.39, 0.29) is 12.7 Å². The van der Waals surface area contributed by atoms with Crippen molar-refractivity contribution in [2.45, 2.75) is 6.10 Å². The van der Waals surface area contributed by atoms with Gasteiger partial charge >= 0.3 is 0 Å². The number of anilines is 1. The monoisotopic (exact) mass is 211 g/mol. The lowest BCUT2D eigenvalue weighted by atomic mass is 10.2. The summed E-state index contributed by atoms with van der Waals surface area (Å²) in [4.78, 5) is 0. The number of rotatable bonds is 2. The third-order valence-electron chi connectivity index (χ3n) is 2.21. The summed E-state index contributed by atoms with van der Waals surface area (Å²) >= 11 is 0. The minimum Gasteiger partial charge on any atom is -0.497 e. The van der Waals surface area contributed by atoms with Crippen molar-refractivity contribution in [2.24, 2.45) is 0 Å². The molecule has 0 unspecified atom stereocenters. The summed E-state index contributed by atoms with van der Waals surface area (Å²) in [5.41, 5.74) is 6.21. The van der Waals surface area contributed by atoms with E-state index in [1.165, 1.54) is 0 Å². The highest BCUT2D eigenvalue weighted by molar-refractivity contribution is 5.64. The molecule has 5 nitrogen and oxygen atoms in total. The first-order valence-corrected chi connectivity index (χ1v) is 4.62. The molecule has 1 heterocycles. The SMILES string of the molecule is COc1cc(N)c2c(c1)OC[C@H](CO)O2. The Labute approximate surface area is 87.4 Å². The van der Waals surface area contributed by atoms with Gasteiger partial charge in [-0.25, -0.2) is 0 Å². The van der Waals surface area contributed by atoms with Crippen LogP contribution in [0, 0.1) is 0 Å². The highest BCUT2D eigenvalue weighted by atomic mass is 16.6. The van der Waals surface area contributed by atoms with Gasteiger partial charge in [-0.1, -0.05) is 0 Å². The maximum absolute atomic E-state index is 8.94. The lowest BCUT2D eigenvalue weighted by molar-refractivity contribution is 0.0462. The Morgan fingerprint density at radius 1 is 1.60 bits per heavy atom. The molecule has 0 fully saturated rings. The van der Waals surface area contributed by atoms with Crippen molar-refractivity contribution < 1.29 is 19.3 Å².